The van der Waals surface area contributed by atoms with Gasteiger partial charge in [0.15, 0.2) is 41.5 Å². The van der Waals surface area contributed by atoms with E-state index in [9.17, 15) is 19.3 Å². The number of fused-ring (bicyclic) bond motifs is 2. The molecule has 6 N–H and O–H groups in total. The van der Waals surface area contributed by atoms with Crippen LogP contribution in [-0.4, -0.2) is 105 Å². The average molecular weight is 672 g/mol. The molecule has 0 aliphatic carbocycles. The van der Waals surface area contributed by atoms with E-state index in [1.807, 2.05) is 0 Å². The third kappa shape index (κ3) is 5.72. The highest BCUT2D eigenvalue weighted by Gasteiger charge is 2.52. The number of aliphatic hydroxyl groups excluding tert-OH is 2. The van der Waals surface area contributed by atoms with Crippen molar-refractivity contribution in [3.05, 3.63) is 25.3 Å². The van der Waals surface area contributed by atoms with Gasteiger partial charge in [0.05, 0.1) is 25.2 Å². The summed E-state index contributed by atoms with van der Waals surface area (Å²) in [6, 6.07) is 0. The van der Waals surface area contributed by atoms with Gasteiger partial charge in [0.1, 0.15) is 60.8 Å². The van der Waals surface area contributed by atoms with Crippen LogP contribution in [0.3, 0.4) is 0 Å². The van der Waals surface area contributed by atoms with Gasteiger partial charge in [-0.05, 0) is 0 Å². The van der Waals surface area contributed by atoms with E-state index in [4.69, 9.17) is 39.2 Å². The van der Waals surface area contributed by atoms with Crippen LogP contribution in [0, 0.1) is 0 Å². The SMILES string of the molecule is Nc1ncnc2c1ncn2[C@@H]1O[C@H](CO[P+](=O)O[C@@H]2[C@H](O)[C@@H](COCS)O[C@H]2n2cnc3c(N)ncnc32)[C@@H](OP=O)[C@H]1O. The van der Waals surface area contributed by atoms with Crippen LogP contribution in [0.15, 0.2) is 25.3 Å². The zero-order chi connectivity index (χ0) is 31.0. The van der Waals surface area contributed by atoms with E-state index >= 15 is 0 Å². The smallest absolute Gasteiger partial charge is 0.387 e. The van der Waals surface area contributed by atoms with E-state index in [-0.39, 0.29) is 46.5 Å². The highest BCUT2D eigenvalue weighted by atomic mass is 32.1. The summed E-state index contributed by atoms with van der Waals surface area (Å²) in [5.41, 5.74) is 12.9. The van der Waals surface area contributed by atoms with Crippen molar-refractivity contribution in [1.82, 2.24) is 39.0 Å². The first-order valence-corrected chi connectivity index (χ1v) is 15.2. The molecule has 4 aromatic rings. The van der Waals surface area contributed by atoms with Crippen LogP contribution in [-0.2, 0) is 36.9 Å². The third-order valence-corrected chi connectivity index (χ3v) is 8.32. The van der Waals surface area contributed by atoms with Gasteiger partial charge < -0.3 is 35.9 Å². The van der Waals surface area contributed by atoms with Gasteiger partial charge in [-0.25, -0.2) is 34.5 Å². The van der Waals surface area contributed by atoms with Crippen LogP contribution in [0.2, 0.25) is 0 Å². The Kier molecular flexibility index (Phi) is 9.22. The molecule has 6 rings (SSSR count). The fourth-order valence-corrected chi connectivity index (χ4v) is 6.22. The molecule has 23 heteroatoms. The van der Waals surface area contributed by atoms with E-state index in [1.165, 1.54) is 34.4 Å². The van der Waals surface area contributed by atoms with Crippen molar-refractivity contribution >= 4 is 63.5 Å². The number of anilines is 2. The topological polar surface area (TPSA) is 269 Å². The van der Waals surface area contributed by atoms with Gasteiger partial charge in [-0.3, -0.25) is 13.7 Å². The lowest BCUT2D eigenvalue weighted by Gasteiger charge is -2.17. The molecule has 2 aliphatic heterocycles. The van der Waals surface area contributed by atoms with E-state index < -0.39 is 72.6 Å². The Morgan fingerprint density at radius 2 is 1.50 bits per heavy atom. The Labute approximate surface area is 254 Å². The summed E-state index contributed by atoms with van der Waals surface area (Å²) >= 11 is 4.01. The van der Waals surface area contributed by atoms with Crippen molar-refractivity contribution < 1.29 is 47.1 Å². The second-order valence-electron chi connectivity index (χ2n) is 9.51. The Balaban J connectivity index is 1.18. The maximum atomic E-state index is 13.1. The van der Waals surface area contributed by atoms with E-state index in [1.54, 1.807) is 0 Å². The average Bonchev–Trinajstić information content (AvgIpc) is 3.77. The lowest BCUT2D eigenvalue weighted by Crippen LogP contribution is -2.35. The minimum Gasteiger partial charge on any atom is -0.387 e. The number of ether oxygens (including phenoxy) is 3. The number of aromatic nitrogens is 8. The van der Waals surface area contributed by atoms with Gasteiger partial charge in [-0.1, -0.05) is 0 Å². The zero-order valence-corrected chi connectivity index (χ0v) is 25.0. The molecule has 0 saturated carbocycles. The number of rotatable bonds is 12. The Bertz CT molecular complexity index is 1670. The molecule has 6 heterocycles. The largest absolute Gasteiger partial charge is 0.698 e. The van der Waals surface area contributed by atoms with Gasteiger partial charge in [-0.15, -0.1) is 9.05 Å². The molecule has 2 saturated heterocycles. The minimum absolute atomic E-state index is 0.0510. The van der Waals surface area contributed by atoms with Crippen molar-refractivity contribution in [2.45, 2.75) is 49.1 Å². The van der Waals surface area contributed by atoms with Crippen molar-refractivity contribution in [3.8, 4) is 0 Å². The summed E-state index contributed by atoms with van der Waals surface area (Å²) in [6.07, 6.45) is -4.12. The molecule has 234 valence electrons. The summed E-state index contributed by atoms with van der Waals surface area (Å²) in [6.45, 7) is -0.491. The van der Waals surface area contributed by atoms with Crippen LogP contribution in [0.25, 0.3) is 22.3 Å². The van der Waals surface area contributed by atoms with Crippen molar-refractivity contribution in [2.75, 3.05) is 30.6 Å². The highest BCUT2D eigenvalue weighted by molar-refractivity contribution is 7.80. The number of nitrogens with zero attached hydrogens (tertiary/aromatic N) is 8. The maximum absolute atomic E-state index is 13.1. The lowest BCUT2D eigenvalue weighted by atomic mass is 10.1. The van der Waals surface area contributed by atoms with Gasteiger partial charge in [-0.2, -0.15) is 12.6 Å². The Morgan fingerprint density at radius 1 is 0.886 bits per heavy atom. The molecule has 4 aromatic heterocycles. The molecular weight excluding hydrogens is 646 g/mol. The van der Waals surface area contributed by atoms with Crippen LogP contribution >= 0.6 is 29.6 Å². The molecule has 1 unspecified atom stereocenters. The van der Waals surface area contributed by atoms with Gasteiger partial charge >= 0.3 is 16.9 Å². The molecule has 20 nitrogen and oxygen atoms in total. The van der Waals surface area contributed by atoms with Crippen LogP contribution in [0.1, 0.15) is 12.5 Å². The minimum atomic E-state index is -2.94. The predicted molar refractivity (Wildman–Crippen MR) is 150 cm³/mol. The van der Waals surface area contributed by atoms with Crippen LogP contribution in [0.4, 0.5) is 11.6 Å². The van der Waals surface area contributed by atoms with Crippen LogP contribution in [0.5, 0.6) is 0 Å². The second-order valence-corrected chi connectivity index (χ2v) is 11.0. The second kappa shape index (κ2) is 13.1. The highest BCUT2D eigenvalue weighted by Crippen LogP contribution is 2.41. The maximum Gasteiger partial charge on any atom is 0.698 e. The van der Waals surface area contributed by atoms with E-state index in [2.05, 4.69) is 42.5 Å². The van der Waals surface area contributed by atoms with E-state index in [0.717, 1.165) is 0 Å². The number of nitrogens with two attached hydrogens (primary N) is 2. The first-order chi connectivity index (χ1) is 21.3. The summed E-state index contributed by atoms with van der Waals surface area (Å²) in [5, 5.41) is 22.0. The number of imidazole rings is 2. The molecule has 0 radical (unpaired) electrons. The number of hydrogen-bond acceptors (Lipinski definition) is 19. The van der Waals surface area contributed by atoms with Crippen molar-refractivity contribution in [1.29, 1.82) is 0 Å². The number of hydrogen-bond donors (Lipinski definition) is 5. The first kappa shape index (κ1) is 30.9. The molecule has 0 spiro atoms. The molecule has 0 bridgehead atoms. The standard InChI is InChI=1S/C21H24N10O10P2S/c22-16-10-18(26-3-24-16)30(5-28-10)20-13(33)14(40-42-34)9(39-20)2-37-43(35)41-15-12(32)8(1-36-7-44)38-21(15)31-6-29-11-17(23)25-4-27-19(11)31/h3-6,8-9,12-15,20-21,32-33H,1-2,7H2,(H4-,22,23,24,25,26,27,44)/p+1/t8-,9-,12-,13-,14-,15-,20-,21-/m1/s1. The monoisotopic (exact) mass is 671 g/mol. The molecule has 2 fully saturated rings. The zero-order valence-electron chi connectivity index (χ0n) is 22.3. The van der Waals surface area contributed by atoms with Gasteiger partial charge in [0.25, 0.3) is 0 Å². The lowest BCUT2D eigenvalue weighted by molar-refractivity contribution is -0.0597. The fourth-order valence-electron chi connectivity index (χ4n) is 5.00. The summed E-state index contributed by atoms with van der Waals surface area (Å²) in [7, 11) is -3.68. The van der Waals surface area contributed by atoms with E-state index in [0.29, 0.717) is 0 Å². The molecule has 44 heavy (non-hydrogen) atoms. The molecule has 9 atom stereocenters. The quantitative estimate of drug-likeness (QED) is 0.0747. The summed E-state index contributed by atoms with van der Waals surface area (Å²) < 4.78 is 60.7. The Hall–Kier alpha value is -3.07. The number of thiol groups is 1. The molecule has 0 aromatic carbocycles. The normalized spacial score (nSPS) is 29.3. The fraction of sp³-hybridized carbons (Fsp3) is 0.524. The van der Waals surface area contributed by atoms with Crippen LogP contribution < -0.4 is 11.5 Å². The third-order valence-electron chi connectivity index (χ3n) is 7.03. The molecule has 2 aliphatic rings. The van der Waals surface area contributed by atoms with Gasteiger partial charge in [0.2, 0.25) is 0 Å². The summed E-state index contributed by atoms with van der Waals surface area (Å²) in [4.78, 5) is 24.5. The van der Waals surface area contributed by atoms with Crippen molar-refractivity contribution in [2.24, 2.45) is 0 Å². The molecule has 0 amide bonds. The predicted octanol–water partition coefficient (Wildman–Crippen LogP) is -0.0978. The molecular formula is C21H25N10O10P2S+. The van der Waals surface area contributed by atoms with Crippen molar-refractivity contribution in [3.63, 3.8) is 0 Å². The summed E-state index contributed by atoms with van der Waals surface area (Å²) in [5.74, 6) is 0.310. The Morgan fingerprint density at radius 3 is 2.11 bits per heavy atom. The first-order valence-electron chi connectivity index (χ1n) is 12.8. The van der Waals surface area contributed by atoms with Gasteiger partial charge in [0, 0.05) is 4.57 Å². The number of nitrogen functional groups attached to an aromatic ring is 2. The number of aliphatic hydroxyl groups is 2.